The Labute approximate surface area is 188 Å². The zero-order chi connectivity index (χ0) is 23.4. The van der Waals surface area contributed by atoms with E-state index in [2.05, 4.69) is 36.3 Å². The van der Waals surface area contributed by atoms with E-state index in [1.165, 1.54) is 0 Å². The first kappa shape index (κ1) is 23.7. The van der Waals surface area contributed by atoms with Crippen molar-refractivity contribution in [1.29, 1.82) is 0 Å². The highest BCUT2D eigenvalue weighted by Gasteiger charge is 2.27. The number of likely N-dealkylation sites (N-methyl/N-ethyl adjacent to an activating group) is 2. The van der Waals surface area contributed by atoms with Crippen LogP contribution in [0.4, 0.5) is 5.69 Å². The van der Waals surface area contributed by atoms with Crippen LogP contribution in [0.1, 0.15) is 40.5 Å². The van der Waals surface area contributed by atoms with Gasteiger partial charge in [-0.05, 0) is 45.0 Å². The Balaban J connectivity index is 1.90. The standard InChI is InChI=1S/C23H32N4O5/c1-14-11-26(4)15(2)13-31-20-8-7-17(24-22(28)19-9-16(3)32-25-19)10-18(20)23(29)27(5)12-21(14)30-6/h7-10,14-15,21H,11-13H2,1-6H3,(H,24,28)/t14-,15-,21+/m1/s1. The smallest absolute Gasteiger partial charge is 0.277 e. The van der Waals surface area contributed by atoms with Gasteiger partial charge in [0.15, 0.2) is 5.69 Å². The second-order valence-electron chi connectivity index (χ2n) is 8.52. The van der Waals surface area contributed by atoms with Gasteiger partial charge in [0.2, 0.25) is 0 Å². The van der Waals surface area contributed by atoms with Crippen LogP contribution >= 0.6 is 0 Å². The van der Waals surface area contributed by atoms with Crippen LogP contribution in [0.25, 0.3) is 0 Å². The molecule has 1 aromatic carbocycles. The minimum atomic E-state index is -0.416. The maximum absolute atomic E-state index is 13.3. The third-order valence-electron chi connectivity index (χ3n) is 5.87. The van der Waals surface area contributed by atoms with Crippen molar-refractivity contribution in [3.8, 4) is 5.75 Å². The molecule has 1 aliphatic heterocycles. The van der Waals surface area contributed by atoms with Crippen LogP contribution in [-0.4, -0.2) is 79.8 Å². The molecule has 2 amide bonds. The maximum atomic E-state index is 13.3. The Morgan fingerprint density at radius 1 is 1.22 bits per heavy atom. The van der Waals surface area contributed by atoms with Crippen LogP contribution < -0.4 is 10.1 Å². The lowest BCUT2D eigenvalue weighted by Gasteiger charge is -2.34. The number of fused-ring (bicyclic) bond motifs is 1. The SMILES string of the molecule is CO[C@H]1CN(C)C(=O)c2cc(NC(=O)c3cc(C)on3)ccc2OC[C@@H](C)N(C)C[C@H]1C. The first-order valence-corrected chi connectivity index (χ1v) is 10.7. The van der Waals surface area contributed by atoms with Gasteiger partial charge in [-0.2, -0.15) is 0 Å². The molecule has 0 saturated carbocycles. The van der Waals surface area contributed by atoms with Crippen LogP contribution in [0.15, 0.2) is 28.8 Å². The van der Waals surface area contributed by atoms with Crippen molar-refractivity contribution in [2.24, 2.45) is 5.92 Å². The van der Waals surface area contributed by atoms with E-state index in [-0.39, 0.29) is 29.7 Å². The molecule has 1 aromatic heterocycles. The highest BCUT2D eigenvalue weighted by atomic mass is 16.5. The fourth-order valence-electron chi connectivity index (χ4n) is 3.70. The van der Waals surface area contributed by atoms with Crippen molar-refractivity contribution in [1.82, 2.24) is 15.0 Å². The molecule has 0 bridgehead atoms. The largest absolute Gasteiger partial charge is 0.491 e. The summed E-state index contributed by atoms with van der Waals surface area (Å²) in [5.41, 5.74) is 1.01. The third-order valence-corrected chi connectivity index (χ3v) is 5.87. The molecular formula is C23H32N4O5. The number of hydrogen-bond donors (Lipinski definition) is 1. The van der Waals surface area contributed by atoms with Crippen LogP contribution in [0.2, 0.25) is 0 Å². The van der Waals surface area contributed by atoms with E-state index in [1.807, 2.05) is 0 Å². The minimum Gasteiger partial charge on any atom is -0.491 e. The topological polar surface area (TPSA) is 97.1 Å². The Morgan fingerprint density at radius 3 is 2.62 bits per heavy atom. The summed E-state index contributed by atoms with van der Waals surface area (Å²) in [7, 11) is 5.47. The average Bonchev–Trinajstić information content (AvgIpc) is 3.21. The first-order chi connectivity index (χ1) is 15.2. The van der Waals surface area contributed by atoms with Gasteiger partial charge in [0, 0.05) is 45.0 Å². The number of ether oxygens (including phenoxy) is 2. The van der Waals surface area contributed by atoms with E-state index in [4.69, 9.17) is 14.0 Å². The number of carbonyl (C=O) groups excluding carboxylic acids is 2. The van der Waals surface area contributed by atoms with Gasteiger partial charge < -0.3 is 24.2 Å². The van der Waals surface area contributed by atoms with Crippen LogP contribution in [0.5, 0.6) is 5.75 Å². The lowest BCUT2D eigenvalue weighted by atomic mass is 10.0. The quantitative estimate of drug-likeness (QED) is 0.777. The van der Waals surface area contributed by atoms with Gasteiger partial charge in [-0.15, -0.1) is 0 Å². The first-order valence-electron chi connectivity index (χ1n) is 10.7. The Hall–Kier alpha value is -2.91. The molecule has 0 spiro atoms. The molecule has 0 unspecified atom stereocenters. The minimum absolute atomic E-state index is 0.110. The Morgan fingerprint density at radius 2 is 1.97 bits per heavy atom. The van der Waals surface area contributed by atoms with Gasteiger partial charge in [0.1, 0.15) is 18.1 Å². The predicted molar refractivity (Wildman–Crippen MR) is 120 cm³/mol. The summed E-state index contributed by atoms with van der Waals surface area (Å²) in [5.74, 6) is 0.612. The van der Waals surface area contributed by atoms with Gasteiger partial charge in [-0.1, -0.05) is 12.1 Å². The molecule has 2 aromatic rings. The van der Waals surface area contributed by atoms with Crippen LogP contribution in [0.3, 0.4) is 0 Å². The fraction of sp³-hybridized carbons (Fsp3) is 0.522. The monoisotopic (exact) mass is 444 g/mol. The van der Waals surface area contributed by atoms with Gasteiger partial charge in [0.25, 0.3) is 11.8 Å². The van der Waals surface area contributed by atoms with Crippen LogP contribution in [-0.2, 0) is 4.74 Å². The summed E-state index contributed by atoms with van der Waals surface area (Å²) in [6.07, 6.45) is -0.110. The van der Waals surface area contributed by atoms with Crippen molar-refractivity contribution < 1.29 is 23.6 Å². The zero-order valence-corrected chi connectivity index (χ0v) is 19.5. The zero-order valence-electron chi connectivity index (χ0n) is 19.5. The van der Waals surface area contributed by atoms with E-state index in [1.54, 1.807) is 50.2 Å². The number of hydrogen-bond acceptors (Lipinski definition) is 7. The van der Waals surface area contributed by atoms with E-state index >= 15 is 0 Å². The number of carbonyl (C=O) groups is 2. The number of amides is 2. The van der Waals surface area contributed by atoms with Crippen molar-refractivity contribution in [3.63, 3.8) is 0 Å². The number of benzene rings is 1. The second kappa shape index (κ2) is 10.1. The lowest BCUT2D eigenvalue weighted by Crippen LogP contribution is -2.45. The molecule has 3 atom stereocenters. The molecule has 32 heavy (non-hydrogen) atoms. The molecular weight excluding hydrogens is 412 g/mol. The van der Waals surface area contributed by atoms with Gasteiger partial charge in [-0.25, -0.2) is 0 Å². The average molecular weight is 445 g/mol. The number of methoxy groups -OCH3 is 1. The van der Waals surface area contributed by atoms with Gasteiger partial charge in [-0.3, -0.25) is 14.5 Å². The number of rotatable bonds is 3. The summed E-state index contributed by atoms with van der Waals surface area (Å²) >= 11 is 0. The summed E-state index contributed by atoms with van der Waals surface area (Å²) in [4.78, 5) is 29.6. The van der Waals surface area contributed by atoms with E-state index in [0.717, 1.165) is 6.54 Å². The number of anilines is 1. The lowest BCUT2D eigenvalue weighted by molar-refractivity contribution is 0.0150. The normalized spacial score (nSPS) is 23.0. The molecule has 9 heteroatoms. The van der Waals surface area contributed by atoms with Crippen LogP contribution in [0, 0.1) is 12.8 Å². The molecule has 3 rings (SSSR count). The number of aromatic nitrogens is 1. The predicted octanol–water partition coefficient (Wildman–Crippen LogP) is 2.67. The van der Waals surface area contributed by atoms with E-state index in [0.29, 0.717) is 35.9 Å². The summed E-state index contributed by atoms with van der Waals surface area (Å²) < 4.78 is 16.7. The van der Waals surface area contributed by atoms with Crippen molar-refractivity contribution in [3.05, 3.63) is 41.3 Å². The van der Waals surface area contributed by atoms with Crippen molar-refractivity contribution in [2.75, 3.05) is 46.2 Å². The highest BCUT2D eigenvalue weighted by Crippen LogP contribution is 2.26. The molecule has 2 heterocycles. The summed E-state index contributed by atoms with van der Waals surface area (Å²) in [5, 5.41) is 6.50. The molecule has 0 aliphatic carbocycles. The van der Waals surface area contributed by atoms with Gasteiger partial charge >= 0.3 is 0 Å². The molecule has 1 aliphatic rings. The van der Waals surface area contributed by atoms with E-state index in [9.17, 15) is 9.59 Å². The van der Waals surface area contributed by atoms with Crippen molar-refractivity contribution >= 4 is 17.5 Å². The van der Waals surface area contributed by atoms with E-state index < -0.39 is 5.91 Å². The highest BCUT2D eigenvalue weighted by molar-refractivity contribution is 6.04. The Bertz CT molecular complexity index is 960. The third kappa shape index (κ3) is 5.46. The number of aryl methyl sites for hydroxylation is 1. The molecule has 174 valence electrons. The number of nitrogens with zero attached hydrogens (tertiary/aromatic N) is 3. The molecule has 1 N–H and O–H groups in total. The molecule has 9 nitrogen and oxygen atoms in total. The number of nitrogens with one attached hydrogen (secondary N) is 1. The Kier molecular flexibility index (Phi) is 7.52. The molecule has 0 fully saturated rings. The van der Waals surface area contributed by atoms with Gasteiger partial charge in [0.05, 0.1) is 11.7 Å². The van der Waals surface area contributed by atoms with Crippen molar-refractivity contribution in [2.45, 2.75) is 32.9 Å². The fourth-order valence-corrected chi connectivity index (χ4v) is 3.70. The summed E-state index contributed by atoms with van der Waals surface area (Å²) in [6, 6.07) is 6.74. The molecule has 0 saturated heterocycles. The molecule has 0 radical (unpaired) electrons. The second-order valence-corrected chi connectivity index (χ2v) is 8.52. The maximum Gasteiger partial charge on any atom is 0.277 e. The summed E-state index contributed by atoms with van der Waals surface area (Å²) in [6.45, 7) is 7.61.